The third-order valence-corrected chi connectivity index (χ3v) is 4.98. The van der Waals surface area contributed by atoms with Crippen molar-refractivity contribution in [2.45, 2.75) is 6.42 Å². The number of aromatic nitrogens is 1. The number of nitriles is 1. The van der Waals surface area contributed by atoms with E-state index in [1.807, 2.05) is 54.6 Å². The van der Waals surface area contributed by atoms with E-state index in [1.54, 1.807) is 6.21 Å². The highest BCUT2D eigenvalue weighted by molar-refractivity contribution is 5.89. The third-order valence-electron chi connectivity index (χ3n) is 4.98. The predicted octanol–water partition coefficient (Wildman–Crippen LogP) is 5.47. The quantitative estimate of drug-likeness (QED) is 0.433. The van der Waals surface area contributed by atoms with Crippen molar-refractivity contribution in [2.75, 3.05) is 6.61 Å². The van der Waals surface area contributed by atoms with Crippen LogP contribution in [0.5, 0.6) is 5.75 Å². The molecule has 0 saturated heterocycles. The van der Waals surface area contributed by atoms with E-state index in [0.29, 0.717) is 18.9 Å². The average Bonchev–Trinajstić information content (AvgIpc) is 3.19. The van der Waals surface area contributed by atoms with Crippen molar-refractivity contribution in [3.05, 3.63) is 95.0 Å². The van der Waals surface area contributed by atoms with Crippen LogP contribution < -0.4 is 4.74 Å². The first-order chi connectivity index (χ1) is 14.8. The first-order valence-corrected chi connectivity index (χ1v) is 9.63. The van der Waals surface area contributed by atoms with Crippen LogP contribution in [0.4, 0.5) is 5.88 Å². The Kier molecular flexibility index (Phi) is 4.59. The van der Waals surface area contributed by atoms with Crippen molar-refractivity contribution < 1.29 is 9.15 Å². The van der Waals surface area contributed by atoms with Crippen LogP contribution in [0.25, 0.3) is 16.8 Å². The summed E-state index contributed by atoms with van der Waals surface area (Å²) in [6, 6.07) is 24.2. The summed E-state index contributed by atoms with van der Waals surface area (Å²) < 4.78 is 11.6. The van der Waals surface area contributed by atoms with Crippen molar-refractivity contribution in [1.29, 1.82) is 5.26 Å². The molecule has 5 nitrogen and oxygen atoms in total. The van der Waals surface area contributed by atoms with Gasteiger partial charge in [0.25, 0.3) is 5.88 Å². The number of hydrogen-bond donors (Lipinski definition) is 0. The fourth-order valence-corrected chi connectivity index (χ4v) is 3.55. The molecule has 3 aromatic carbocycles. The van der Waals surface area contributed by atoms with Crippen LogP contribution in [0.3, 0.4) is 0 Å². The molecule has 144 valence electrons. The first-order valence-electron chi connectivity index (χ1n) is 9.63. The summed E-state index contributed by atoms with van der Waals surface area (Å²) in [5.41, 5.74) is 3.16. The number of aliphatic imine (C=N–C) groups is 1. The number of para-hydroxylation sites is 1. The largest absolute Gasteiger partial charge is 0.488 e. The topological polar surface area (TPSA) is 71.4 Å². The first kappa shape index (κ1) is 17.9. The normalized spacial score (nSPS) is 13.0. The van der Waals surface area contributed by atoms with Crippen LogP contribution in [-0.4, -0.2) is 17.8 Å². The smallest absolute Gasteiger partial charge is 0.257 e. The fraction of sp³-hybridized carbons (Fsp3) is 0.0800. The zero-order valence-electron chi connectivity index (χ0n) is 16.1. The third kappa shape index (κ3) is 3.47. The Labute approximate surface area is 173 Å². The van der Waals surface area contributed by atoms with Gasteiger partial charge in [-0.3, -0.25) is 0 Å². The van der Waals surface area contributed by atoms with Gasteiger partial charge in [0.2, 0.25) is 11.6 Å². The van der Waals surface area contributed by atoms with Crippen molar-refractivity contribution in [3.8, 4) is 11.8 Å². The van der Waals surface area contributed by atoms with Gasteiger partial charge >= 0.3 is 0 Å². The Balaban J connectivity index is 1.42. The number of benzene rings is 3. The Morgan fingerprint density at radius 1 is 1.03 bits per heavy atom. The van der Waals surface area contributed by atoms with Gasteiger partial charge in [0.1, 0.15) is 18.4 Å². The number of rotatable bonds is 4. The van der Waals surface area contributed by atoms with E-state index in [1.165, 1.54) is 0 Å². The molecule has 4 aromatic rings. The second-order valence-electron chi connectivity index (χ2n) is 6.99. The van der Waals surface area contributed by atoms with Gasteiger partial charge in [-0.1, -0.05) is 60.7 Å². The van der Waals surface area contributed by atoms with Crippen molar-refractivity contribution in [1.82, 2.24) is 4.98 Å². The maximum absolute atomic E-state index is 9.45. The van der Waals surface area contributed by atoms with Gasteiger partial charge in [-0.25, -0.2) is 9.98 Å². The molecular formula is C25H17N3O2. The standard InChI is InChI=1S/C25H17N3O2/c26-14-22-25(27-15-17-12-20-7-2-4-11-23(20)29-16-17)30-24(28-22)13-19-9-5-8-18-6-1-3-10-21(18)19/h1-12,15H,13,16H2/b27-15+. The SMILES string of the molecule is N#Cc1nc(Cc2cccc3ccccc23)oc1/N=C/C1=Cc2ccccc2OC1. The number of hydrogen-bond acceptors (Lipinski definition) is 5. The maximum atomic E-state index is 9.45. The molecule has 0 bridgehead atoms. The zero-order valence-corrected chi connectivity index (χ0v) is 16.1. The van der Waals surface area contributed by atoms with E-state index < -0.39 is 0 Å². The highest BCUT2D eigenvalue weighted by atomic mass is 16.5. The maximum Gasteiger partial charge on any atom is 0.257 e. The lowest BCUT2D eigenvalue weighted by molar-refractivity contribution is 0.353. The van der Waals surface area contributed by atoms with Gasteiger partial charge in [0, 0.05) is 17.4 Å². The molecule has 2 heterocycles. The molecule has 0 saturated carbocycles. The van der Waals surface area contributed by atoms with Crippen molar-refractivity contribution in [3.63, 3.8) is 0 Å². The Morgan fingerprint density at radius 2 is 1.87 bits per heavy atom. The summed E-state index contributed by atoms with van der Waals surface area (Å²) in [5.74, 6) is 1.53. The van der Waals surface area contributed by atoms with Crippen LogP contribution in [0.2, 0.25) is 0 Å². The molecule has 1 aromatic heterocycles. The predicted molar refractivity (Wildman–Crippen MR) is 116 cm³/mol. The summed E-state index contributed by atoms with van der Waals surface area (Å²) in [6.07, 6.45) is 4.17. The van der Waals surface area contributed by atoms with Gasteiger partial charge in [-0.2, -0.15) is 5.26 Å². The molecule has 0 N–H and O–H groups in total. The van der Waals surface area contributed by atoms with Crippen LogP contribution >= 0.6 is 0 Å². The van der Waals surface area contributed by atoms with E-state index in [0.717, 1.165) is 33.2 Å². The summed E-state index contributed by atoms with van der Waals surface area (Å²) in [7, 11) is 0. The number of nitrogens with zero attached hydrogens (tertiary/aromatic N) is 3. The second-order valence-corrected chi connectivity index (χ2v) is 6.99. The monoisotopic (exact) mass is 391 g/mol. The minimum absolute atomic E-state index is 0.180. The summed E-state index contributed by atoms with van der Waals surface area (Å²) in [6.45, 7) is 0.416. The zero-order chi connectivity index (χ0) is 20.3. The molecule has 1 aliphatic rings. The van der Waals surface area contributed by atoms with Crippen LogP contribution in [0.15, 0.2) is 81.7 Å². The molecule has 0 radical (unpaired) electrons. The minimum atomic E-state index is 0.180. The van der Waals surface area contributed by atoms with Crippen LogP contribution in [0, 0.1) is 11.3 Å². The number of ether oxygens (including phenoxy) is 1. The highest BCUT2D eigenvalue weighted by Gasteiger charge is 2.15. The van der Waals surface area contributed by atoms with E-state index in [4.69, 9.17) is 9.15 Å². The lowest BCUT2D eigenvalue weighted by atomic mass is 10.0. The fourth-order valence-electron chi connectivity index (χ4n) is 3.55. The molecule has 0 atom stereocenters. The second kappa shape index (κ2) is 7.69. The Morgan fingerprint density at radius 3 is 2.80 bits per heavy atom. The Bertz CT molecular complexity index is 1340. The molecule has 5 rings (SSSR count). The molecule has 0 amide bonds. The van der Waals surface area contributed by atoms with Gasteiger partial charge in [-0.05, 0) is 28.5 Å². The van der Waals surface area contributed by atoms with E-state index in [-0.39, 0.29) is 11.6 Å². The van der Waals surface area contributed by atoms with Crippen LogP contribution in [-0.2, 0) is 6.42 Å². The molecule has 5 heteroatoms. The van der Waals surface area contributed by atoms with E-state index in [9.17, 15) is 5.26 Å². The van der Waals surface area contributed by atoms with Crippen molar-refractivity contribution >= 4 is 28.9 Å². The van der Waals surface area contributed by atoms with Gasteiger partial charge < -0.3 is 9.15 Å². The summed E-state index contributed by atoms with van der Waals surface area (Å²) in [5, 5.41) is 11.8. The summed E-state index contributed by atoms with van der Waals surface area (Å²) >= 11 is 0. The molecule has 0 fully saturated rings. The molecule has 1 aliphatic heterocycles. The van der Waals surface area contributed by atoms with Gasteiger partial charge in [-0.15, -0.1) is 0 Å². The molecule has 0 spiro atoms. The molecule has 30 heavy (non-hydrogen) atoms. The van der Waals surface area contributed by atoms with Gasteiger partial charge in [0.05, 0.1) is 6.42 Å². The molecule has 0 unspecified atom stereocenters. The lowest BCUT2D eigenvalue weighted by Crippen LogP contribution is -2.07. The Hall–Kier alpha value is -4.17. The molecular weight excluding hydrogens is 374 g/mol. The lowest BCUT2D eigenvalue weighted by Gasteiger charge is -2.15. The highest BCUT2D eigenvalue weighted by Crippen LogP contribution is 2.27. The number of oxazole rings is 1. The van der Waals surface area contributed by atoms with E-state index in [2.05, 4.69) is 34.2 Å². The minimum Gasteiger partial charge on any atom is -0.488 e. The molecule has 0 aliphatic carbocycles. The van der Waals surface area contributed by atoms with Crippen LogP contribution in [0.1, 0.15) is 22.7 Å². The van der Waals surface area contributed by atoms with Crippen molar-refractivity contribution in [2.24, 2.45) is 4.99 Å². The van der Waals surface area contributed by atoms with E-state index >= 15 is 0 Å². The number of fused-ring (bicyclic) bond motifs is 2. The van der Waals surface area contributed by atoms with Gasteiger partial charge in [0.15, 0.2) is 0 Å². The average molecular weight is 391 g/mol. The summed E-state index contributed by atoms with van der Waals surface area (Å²) in [4.78, 5) is 8.71.